The standard InChI is InChI=1S/C18H21N4O2P/c1-4-25(24,5-2)15-8-6-14(7-9-15)21-18(23)16-12-19-17-10-11-20-22(17)13(16)3/h6-12H,4-5H2,1-3H3,(H,21,23). The molecule has 1 N–H and O–H groups in total. The average molecular weight is 356 g/mol. The molecule has 3 rings (SSSR count). The van der Waals surface area contributed by atoms with E-state index in [-0.39, 0.29) is 5.91 Å². The molecule has 0 fully saturated rings. The molecule has 7 heteroatoms. The number of amides is 1. The Hall–Kier alpha value is -2.46. The molecule has 0 spiro atoms. The van der Waals surface area contributed by atoms with Crippen molar-refractivity contribution in [3.63, 3.8) is 0 Å². The molecule has 0 bridgehead atoms. The van der Waals surface area contributed by atoms with Gasteiger partial charge in [-0.25, -0.2) is 9.50 Å². The van der Waals surface area contributed by atoms with Crippen molar-refractivity contribution in [1.82, 2.24) is 14.6 Å². The summed E-state index contributed by atoms with van der Waals surface area (Å²) in [5.74, 6) is -0.246. The fourth-order valence-corrected chi connectivity index (χ4v) is 4.69. The van der Waals surface area contributed by atoms with E-state index in [0.29, 0.717) is 29.2 Å². The number of fused-ring (bicyclic) bond motifs is 1. The minimum atomic E-state index is -2.31. The van der Waals surface area contributed by atoms with Crippen molar-refractivity contribution < 1.29 is 9.36 Å². The molecule has 0 aliphatic carbocycles. The lowest BCUT2D eigenvalue weighted by Crippen LogP contribution is -2.16. The van der Waals surface area contributed by atoms with E-state index < -0.39 is 7.14 Å². The molecule has 0 unspecified atom stereocenters. The predicted molar refractivity (Wildman–Crippen MR) is 100 cm³/mol. The zero-order chi connectivity index (χ0) is 18.0. The van der Waals surface area contributed by atoms with Gasteiger partial charge in [0.1, 0.15) is 7.14 Å². The van der Waals surface area contributed by atoms with Gasteiger partial charge < -0.3 is 9.88 Å². The molecule has 0 saturated heterocycles. The van der Waals surface area contributed by atoms with Gasteiger partial charge >= 0.3 is 0 Å². The Balaban J connectivity index is 1.83. The maximum absolute atomic E-state index is 12.7. The summed E-state index contributed by atoms with van der Waals surface area (Å²) in [7, 11) is -2.31. The van der Waals surface area contributed by atoms with Gasteiger partial charge in [0.05, 0.1) is 17.5 Å². The Labute approximate surface area is 146 Å². The summed E-state index contributed by atoms with van der Waals surface area (Å²) in [6.07, 6.45) is 4.49. The molecule has 130 valence electrons. The third kappa shape index (κ3) is 3.22. The molecule has 2 aromatic heterocycles. The fraction of sp³-hybridized carbons (Fsp3) is 0.278. The Morgan fingerprint density at radius 1 is 1.16 bits per heavy atom. The second-order valence-electron chi connectivity index (χ2n) is 5.88. The first kappa shape index (κ1) is 17.4. The Kier molecular flexibility index (Phi) is 4.73. The van der Waals surface area contributed by atoms with E-state index in [1.165, 1.54) is 0 Å². The van der Waals surface area contributed by atoms with E-state index in [4.69, 9.17) is 0 Å². The van der Waals surface area contributed by atoms with Gasteiger partial charge in [-0.2, -0.15) is 5.10 Å². The van der Waals surface area contributed by atoms with Crippen molar-refractivity contribution in [3.8, 4) is 0 Å². The third-order valence-electron chi connectivity index (χ3n) is 4.52. The molecule has 3 aromatic rings. The summed E-state index contributed by atoms with van der Waals surface area (Å²) in [6.45, 7) is 5.72. The van der Waals surface area contributed by atoms with E-state index in [1.807, 2.05) is 32.9 Å². The Morgan fingerprint density at radius 2 is 1.84 bits per heavy atom. The number of hydrogen-bond acceptors (Lipinski definition) is 4. The molecule has 1 amide bonds. The Morgan fingerprint density at radius 3 is 2.48 bits per heavy atom. The Bertz CT molecular complexity index is 955. The number of benzene rings is 1. The van der Waals surface area contributed by atoms with E-state index in [2.05, 4.69) is 15.4 Å². The molecule has 2 heterocycles. The third-order valence-corrected chi connectivity index (χ3v) is 7.80. The van der Waals surface area contributed by atoms with Gasteiger partial charge in [-0.1, -0.05) is 13.8 Å². The molecule has 0 aliphatic heterocycles. The number of nitrogens with one attached hydrogen (secondary N) is 1. The lowest BCUT2D eigenvalue weighted by molar-refractivity contribution is 0.102. The van der Waals surface area contributed by atoms with Gasteiger partial charge in [-0.15, -0.1) is 0 Å². The van der Waals surface area contributed by atoms with Crippen LogP contribution in [-0.4, -0.2) is 32.8 Å². The second kappa shape index (κ2) is 6.81. The first-order chi connectivity index (χ1) is 12.0. The average Bonchev–Trinajstić information content (AvgIpc) is 3.11. The van der Waals surface area contributed by atoms with Crippen LogP contribution in [0.2, 0.25) is 0 Å². The number of carbonyl (C=O) groups excluding carboxylic acids is 1. The van der Waals surface area contributed by atoms with Crippen molar-refractivity contribution in [2.75, 3.05) is 17.6 Å². The zero-order valence-electron chi connectivity index (χ0n) is 14.6. The van der Waals surface area contributed by atoms with Crippen LogP contribution < -0.4 is 10.6 Å². The van der Waals surface area contributed by atoms with Gasteiger partial charge in [0, 0.05) is 35.6 Å². The van der Waals surface area contributed by atoms with Crippen molar-refractivity contribution >= 4 is 29.7 Å². The second-order valence-corrected chi connectivity index (χ2v) is 9.44. The van der Waals surface area contributed by atoms with E-state index in [1.54, 1.807) is 35.1 Å². The summed E-state index contributed by atoms with van der Waals surface area (Å²) in [5.41, 5.74) is 2.56. The summed E-state index contributed by atoms with van der Waals surface area (Å²) in [4.78, 5) is 16.8. The molecule has 25 heavy (non-hydrogen) atoms. The maximum Gasteiger partial charge on any atom is 0.259 e. The van der Waals surface area contributed by atoms with E-state index in [0.717, 1.165) is 11.0 Å². The molecule has 0 atom stereocenters. The number of nitrogens with zero attached hydrogens (tertiary/aromatic N) is 3. The van der Waals surface area contributed by atoms with Crippen LogP contribution in [0.5, 0.6) is 0 Å². The van der Waals surface area contributed by atoms with Crippen molar-refractivity contribution in [3.05, 3.63) is 54.0 Å². The van der Waals surface area contributed by atoms with Crippen LogP contribution in [0.4, 0.5) is 5.69 Å². The molecular formula is C18H21N4O2P. The predicted octanol–water partition coefficient (Wildman–Crippen LogP) is 3.32. The highest BCUT2D eigenvalue weighted by Gasteiger charge is 2.20. The molecule has 1 aromatic carbocycles. The number of aromatic nitrogens is 3. The van der Waals surface area contributed by atoms with Crippen LogP contribution in [0.15, 0.2) is 42.7 Å². The van der Waals surface area contributed by atoms with Gasteiger partial charge in [0.2, 0.25) is 0 Å². The number of rotatable bonds is 5. The van der Waals surface area contributed by atoms with Gasteiger partial charge in [0.25, 0.3) is 5.91 Å². The van der Waals surface area contributed by atoms with Crippen molar-refractivity contribution in [1.29, 1.82) is 0 Å². The minimum absolute atomic E-state index is 0.246. The van der Waals surface area contributed by atoms with Gasteiger partial charge in [0.15, 0.2) is 5.65 Å². The quantitative estimate of drug-likeness (QED) is 0.712. The van der Waals surface area contributed by atoms with Gasteiger partial charge in [-0.3, -0.25) is 4.79 Å². The summed E-state index contributed by atoms with van der Waals surface area (Å²) >= 11 is 0. The van der Waals surface area contributed by atoms with Crippen LogP contribution in [0, 0.1) is 6.92 Å². The largest absolute Gasteiger partial charge is 0.322 e. The number of carbonyl (C=O) groups is 1. The summed E-state index contributed by atoms with van der Waals surface area (Å²) in [5, 5.41) is 7.88. The van der Waals surface area contributed by atoms with Crippen LogP contribution in [0.3, 0.4) is 0 Å². The number of anilines is 1. The monoisotopic (exact) mass is 356 g/mol. The fourth-order valence-electron chi connectivity index (χ4n) is 2.82. The van der Waals surface area contributed by atoms with Crippen LogP contribution >= 0.6 is 7.14 Å². The zero-order valence-corrected chi connectivity index (χ0v) is 15.5. The normalized spacial score (nSPS) is 11.6. The molecule has 0 aliphatic rings. The van der Waals surface area contributed by atoms with E-state index in [9.17, 15) is 9.36 Å². The summed E-state index contributed by atoms with van der Waals surface area (Å²) < 4.78 is 14.4. The highest BCUT2D eigenvalue weighted by molar-refractivity contribution is 7.71. The highest BCUT2D eigenvalue weighted by Crippen LogP contribution is 2.43. The topological polar surface area (TPSA) is 76.4 Å². The summed E-state index contributed by atoms with van der Waals surface area (Å²) in [6, 6.07) is 9.05. The molecule has 0 radical (unpaired) electrons. The molecular weight excluding hydrogens is 335 g/mol. The van der Waals surface area contributed by atoms with E-state index >= 15 is 0 Å². The van der Waals surface area contributed by atoms with Crippen LogP contribution in [0.25, 0.3) is 5.65 Å². The first-order valence-electron chi connectivity index (χ1n) is 8.28. The first-order valence-corrected chi connectivity index (χ1v) is 10.4. The molecule has 6 nitrogen and oxygen atoms in total. The lowest BCUT2D eigenvalue weighted by atomic mass is 10.2. The SMILES string of the molecule is CCP(=O)(CC)c1ccc(NC(=O)c2cnc3ccnn3c2C)cc1. The number of hydrogen-bond donors (Lipinski definition) is 1. The maximum atomic E-state index is 12.7. The smallest absolute Gasteiger partial charge is 0.259 e. The lowest BCUT2D eigenvalue weighted by Gasteiger charge is -2.15. The van der Waals surface area contributed by atoms with Crippen LogP contribution in [-0.2, 0) is 4.57 Å². The molecule has 0 saturated carbocycles. The minimum Gasteiger partial charge on any atom is -0.322 e. The number of aryl methyl sites for hydroxylation is 1. The van der Waals surface area contributed by atoms with Gasteiger partial charge in [-0.05, 0) is 31.2 Å². The van der Waals surface area contributed by atoms with Crippen molar-refractivity contribution in [2.24, 2.45) is 0 Å². The van der Waals surface area contributed by atoms with Crippen molar-refractivity contribution in [2.45, 2.75) is 20.8 Å². The van der Waals surface area contributed by atoms with Crippen LogP contribution in [0.1, 0.15) is 29.9 Å². The highest BCUT2D eigenvalue weighted by atomic mass is 31.2.